The number of rotatable bonds is 0. The quantitative estimate of drug-likeness (QED) is 0.503. The van der Waals surface area contributed by atoms with Crippen LogP contribution in [0.3, 0.4) is 0 Å². The van der Waals surface area contributed by atoms with Crippen molar-refractivity contribution in [3.8, 4) is 0 Å². The van der Waals surface area contributed by atoms with Gasteiger partial charge in [-0.1, -0.05) is 23.8 Å². The third-order valence-electron chi connectivity index (χ3n) is 0.957. The number of aliphatic hydroxyl groups is 1. The summed E-state index contributed by atoms with van der Waals surface area (Å²) in [5.74, 6) is 0. The van der Waals surface area contributed by atoms with E-state index in [0.29, 0.717) is 0 Å². The summed E-state index contributed by atoms with van der Waals surface area (Å²) in [5, 5.41) is 7.00. The van der Waals surface area contributed by atoms with Gasteiger partial charge in [-0.15, -0.1) is 0 Å². The van der Waals surface area contributed by atoms with Crippen LogP contribution >= 0.6 is 0 Å². The Hall–Kier alpha value is -0.560. The van der Waals surface area contributed by atoms with Gasteiger partial charge in [-0.05, 0) is 13.3 Å². The summed E-state index contributed by atoms with van der Waals surface area (Å²) in [7, 11) is 1.00. The van der Waals surface area contributed by atoms with E-state index in [1.54, 1.807) is 0 Å². The predicted octanol–water partition coefficient (Wildman–Crippen LogP) is 1.50. The Morgan fingerprint density at radius 2 is 2.12 bits per heavy atom. The Bertz CT molecular complexity index is 101. The van der Waals surface area contributed by atoms with E-state index in [1.165, 1.54) is 12.0 Å². The van der Waals surface area contributed by atoms with Crippen molar-refractivity contribution in [2.45, 2.75) is 13.3 Å². The molecule has 0 bridgehead atoms. The summed E-state index contributed by atoms with van der Waals surface area (Å²) in [4.78, 5) is 0. The minimum Gasteiger partial charge on any atom is -0.400 e. The van der Waals surface area contributed by atoms with Crippen LogP contribution in [0.2, 0.25) is 0 Å². The van der Waals surface area contributed by atoms with Crippen molar-refractivity contribution in [1.29, 1.82) is 0 Å². The summed E-state index contributed by atoms with van der Waals surface area (Å²) < 4.78 is 0. The van der Waals surface area contributed by atoms with Gasteiger partial charge in [0.05, 0.1) is 0 Å². The van der Waals surface area contributed by atoms with Crippen molar-refractivity contribution < 1.29 is 5.11 Å². The summed E-state index contributed by atoms with van der Waals surface area (Å²) in [6.45, 7) is 2.14. The fourth-order valence-corrected chi connectivity index (χ4v) is 0.554. The normalized spacial score (nSPS) is 14.6. The topological polar surface area (TPSA) is 20.2 Å². The molecule has 1 N–H and O–H groups in total. The molecule has 0 saturated carbocycles. The summed E-state index contributed by atoms with van der Waals surface area (Å²) in [6, 6.07) is 0. The second-order valence-electron chi connectivity index (χ2n) is 1.65. The highest BCUT2D eigenvalue weighted by atomic mass is 16.2. The van der Waals surface area contributed by atoms with Crippen LogP contribution in [-0.4, -0.2) is 12.2 Å². The average molecular weight is 112 g/mol. The monoisotopic (exact) mass is 112 g/mol. The molecule has 0 atom stereocenters. The lowest BCUT2D eigenvalue weighted by atomic mass is 10.3. The highest BCUT2D eigenvalue weighted by molar-refractivity contribution is 5.20. The summed E-state index contributed by atoms with van der Waals surface area (Å²) in [5.41, 5.74) is 1.47. The van der Waals surface area contributed by atoms with Crippen LogP contribution in [0.25, 0.3) is 0 Å². The molecule has 0 spiro atoms. The van der Waals surface area contributed by atoms with E-state index in [4.69, 9.17) is 5.11 Å². The fraction of sp³-hybridized carbons (Fsp3) is 0.429. The van der Waals surface area contributed by atoms with Crippen molar-refractivity contribution in [1.82, 2.24) is 0 Å². The second-order valence-corrected chi connectivity index (χ2v) is 1.65. The van der Waals surface area contributed by atoms with Gasteiger partial charge in [0, 0.05) is 7.11 Å². The maximum Gasteiger partial charge on any atom is 0.0319 e. The molecule has 1 rings (SSSR count). The molecule has 0 saturated heterocycles. The molecular weight excluding hydrogens is 100 g/mol. The molecule has 1 nitrogen and oxygen atoms in total. The molecule has 0 aromatic rings. The van der Waals surface area contributed by atoms with Gasteiger partial charge in [0.1, 0.15) is 0 Å². The lowest BCUT2D eigenvalue weighted by Gasteiger charge is -1.78. The molecule has 0 unspecified atom stereocenters. The molecule has 0 radical (unpaired) electrons. The molecule has 0 aromatic heterocycles. The summed E-state index contributed by atoms with van der Waals surface area (Å²) >= 11 is 0. The van der Waals surface area contributed by atoms with Crippen LogP contribution in [0.5, 0.6) is 0 Å². The first-order valence-corrected chi connectivity index (χ1v) is 2.66. The zero-order valence-electron chi connectivity index (χ0n) is 5.39. The molecule has 1 heteroatoms. The SMILES string of the molecule is CC1=CC=CC1.CO. The van der Waals surface area contributed by atoms with Crippen molar-refractivity contribution in [3.05, 3.63) is 23.8 Å². The Labute approximate surface area is 50.3 Å². The molecule has 0 aromatic carbocycles. The molecule has 46 valence electrons. The van der Waals surface area contributed by atoms with Crippen molar-refractivity contribution >= 4 is 0 Å². The minimum absolute atomic E-state index is 1.00. The minimum atomic E-state index is 1.00. The fourth-order valence-electron chi connectivity index (χ4n) is 0.554. The van der Waals surface area contributed by atoms with Gasteiger partial charge in [-0.3, -0.25) is 0 Å². The number of allylic oxidation sites excluding steroid dienone is 4. The van der Waals surface area contributed by atoms with E-state index in [9.17, 15) is 0 Å². The Balaban J connectivity index is 0.000000222. The van der Waals surface area contributed by atoms with Crippen molar-refractivity contribution in [3.63, 3.8) is 0 Å². The maximum absolute atomic E-state index is 7.00. The van der Waals surface area contributed by atoms with Crippen LogP contribution in [0, 0.1) is 0 Å². The van der Waals surface area contributed by atoms with Crippen molar-refractivity contribution in [2.75, 3.05) is 7.11 Å². The standard InChI is InChI=1S/C6H8.CH4O/c1-6-4-2-3-5-6;1-2/h2-4H,5H2,1H3;2H,1H3. The molecule has 1 aliphatic rings. The van der Waals surface area contributed by atoms with Gasteiger partial charge >= 0.3 is 0 Å². The van der Waals surface area contributed by atoms with E-state index in [0.717, 1.165) is 7.11 Å². The van der Waals surface area contributed by atoms with E-state index in [1.807, 2.05) is 0 Å². The first-order chi connectivity index (χ1) is 3.89. The first-order valence-electron chi connectivity index (χ1n) is 2.66. The zero-order chi connectivity index (χ0) is 6.41. The maximum atomic E-state index is 7.00. The third-order valence-corrected chi connectivity index (χ3v) is 0.957. The Kier molecular flexibility index (Phi) is 4.27. The molecule has 0 heterocycles. The molecule has 0 amide bonds. The smallest absolute Gasteiger partial charge is 0.0319 e. The Morgan fingerprint density at radius 3 is 2.25 bits per heavy atom. The van der Waals surface area contributed by atoms with Gasteiger partial charge in [-0.25, -0.2) is 0 Å². The van der Waals surface area contributed by atoms with E-state index in [2.05, 4.69) is 25.2 Å². The van der Waals surface area contributed by atoms with Gasteiger partial charge < -0.3 is 5.11 Å². The van der Waals surface area contributed by atoms with E-state index < -0.39 is 0 Å². The largest absolute Gasteiger partial charge is 0.400 e. The van der Waals surface area contributed by atoms with Gasteiger partial charge in [0.25, 0.3) is 0 Å². The van der Waals surface area contributed by atoms with Gasteiger partial charge in [-0.2, -0.15) is 0 Å². The van der Waals surface area contributed by atoms with Crippen LogP contribution in [0.4, 0.5) is 0 Å². The van der Waals surface area contributed by atoms with Gasteiger partial charge in [0.15, 0.2) is 0 Å². The lowest BCUT2D eigenvalue weighted by Crippen LogP contribution is -1.58. The molecule has 1 aliphatic carbocycles. The van der Waals surface area contributed by atoms with E-state index in [-0.39, 0.29) is 0 Å². The number of aliphatic hydroxyl groups excluding tert-OH is 1. The van der Waals surface area contributed by atoms with Crippen molar-refractivity contribution in [2.24, 2.45) is 0 Å². The first kappa shape index (κ1) is 7.44. The second kappa shape index (κ2) is 4.60. The molecular formula is C7H12O. The highest BCUT2D eigenvalue weighted by Gasteiger charge is 1.86. The summed E-state index contributed by atoms with van der Waals surface area (Å²) in [6.07, 6.45) is 7.56. The highest BCUT2D eigenvalue weighted by Crippen LogP contribution is 2.06. The van der Waals surface area contributed by atoms with Gasteiger partial charge in [0.2, 0.25) is 0 Å². The average Bonchev–Trinajstić information content (AvgIpc) is 2.24. The number of hydrogen-bond donors (Lipinski definition) is 1. The molecule has 8 heavy (non-hydrogen) atoms. The zero-order valence-corrected chi connectivity index (χ0v) is 5.39. The lowest BCUT2D eigenvalue weighted by molar-refractivity contribution is 0.399. The van der Waals surface area contributed by atoms with Crippen LogP contribution < -0.4 is 0 Å². The van der Waals surface area contributed by atoms with Crippen LogP contribution in [-0.2, 0) is 0 Å². The predicted molar refractivity (Wildman–Crippen MR) is 35.7 cm³/mol. The van der Waals surface area contributed by atoms with Crippen LogP contribution in [0.1, 0.15) is 13.3 Å². The van der Waals surface area contributed by atoms with Crippen LogP contribution in [0.15, 0.2) is 23.8 Å². The van der Waals surface area contributed by atoms with E-state index >= 15 is 0 Å². The third kappa shape index (κ3) is 2.59. The molecule has 0 aliphatic heterocycles. The number of hydrogen-bond acceptors (Lipinski definition) is 1. The Morgan fingerprint density at radius 1 is 1.50 bits per heavy atom. The molecule has 0 fully saturated rings.